The molecule has 0 saturated carbocycles. The Morgan fingerprint density at radius 1 is 1.37 bits per heavy atom. The highest BCUT2D eigenvalue weighted by molar-refractivity contribution is 5.98. The van der Waals surface area contributed by atoms with Gasteiger partial charge in [0, 0.05) is 0 Å². The number of aromatic nitrogens is 4. The predicted molar refractivity (Wildman–Crippen MR) is 86.2 cm³/mol. The minimum atomic E-state index is -4.52. The van der Waals surface area contributed by atoms with Crippen molar-refractivity contribution < 1.29 is 22.7 Å². The van der Waals surface area contributed by atoms with E-state index in [2.05, 4.69) is 10.2 Å². The van der Waals surface area contributed by atoms with Gasteiger partial charge in [0.1, 0.15) is 17.5 Å². The number of ether oxygens (including phenoxy) is 1. The van der Waals surface area contributed by atoms with E-state index in [9.17, 15) is 18.0 Å². The number of nitrogen functional groups attached to an aromatic ring is 1. The molecule has 0 spiro atoms. The number of halogens is 3. The lowest BCUT2D eigenvalue weighted by Gasteiger charge is -2.08. The molecule has 11 heteroatoms. The average Bonchev–Trinajstić information content (AvgIpc) is 3.24. The van der Waals surface area contributed by atoms with Gasteiger partial charge in [-0.25, -0.2) is 4.68 Å². The topological polar surface area (TPSA) is 112 Å². The van der Waals surface area contributed by atoms with Gasteiger partial charge in [0.05, 0.1) is 30.8 Å². The molecular formula is C16H11F3N6O2. The summed E-state index contributed by atoms with van der Waals surface area (Å²) in [5.74, 6) is -0.972. The molecule has 0 unspecified atom stereocenters. The van der Waals surface area contributed by atoms with E-state index in [1.54, 1.807) is 6.07 Å². The van der Waals surface area contributed by atoms with E-state index < -0.39 is 17.6 Å². The highest BCUT2D eigenvalue weighted by Crippen LogP contribution is 2.31. The molecule has 3 aromatic rings. The number of carbonyl (C=O) groups excluding carboxylic acids is 1. The second-order valence-electron chi connectivity index (χ2n) is 5.31. The van der Waals surface area contributed by atoms with Crippen molar-refractivity contribution >= 4 is 11.7 Å². The molecule has 27 heavy (non-hydrogen) atoms. The molecule has 0 amide bonds. The van der Waals surface area contributed by atoms with E-state index in [4.69, 9.17) is 15.7 Å². The molecule has 0 aliphatic carbocycles. The average molecular weight is 376 g/mol. The van der Waals surface area contributed by atoms with Crippen molar-refractivity contribution in [1.82, 2.24) is 19.6 Å². The smallest absolute Gasteiger partial charge is 0.416 e. The van der Waals surface area contributed by atoms with Crippen molar-refractivity contribution in [2.24, 2.45) is 0 Å². The molecule has 0 fully saturated rings. The molecule has 1 aromatic carbocycles. The van der Waals surface area contributed by atoms with Crippen LogP contribution in [0.2, 0.25) is 0 Å². The van der Waals surface area contributed by atoms with Crippen LogP contribution in [0.15, 0.2) is 36.7 Å². The first-order valence-electron chi connectivity index (χ1n) is 7.36. The number of methoxy groups -OCH3 is 1. The van der Waals surface area contributed by atoms with Gasteiger partial charge in [-0.1, -0.05) is 6.07 Å². The SMILES string of the molecule is COc1cn(-c2cccc(C(F)(F)F)c2)nc1C(=O)n1ncc(C#N)c1N. The van der Waals surface area contributed by atoms with Gasteiger partial charge in [-0.2, -0.15) is 33.3 Å². The molecule has 3 rings (SSSR count). The monoisotopic (exact) mass is 376 g/mol. The lowest BCUT2D eigenvalue weighted by atomic mass is 10.2. The van der Waals surface area contributed by atoms with Gasteiger partial charge in [-0.3, -0.25) is 4.79 Å². The van der Waals surface area contributed by atoms with Gasteiger partial charge in [-0.15, -0.1) is 0 Å². The zero-order valence-corrected chi connectivity index (χ0v) is 13.7. The second kappa shape index (κ2) is 6.49. The van der Waals surface area contributed by atoms with Crippen molar-refractivity contribution in [1.29, 1.82) is 5.26 Å². The summed E-state index contributed by atoms with van der Waals surface area (Å²) in [6, 6.07) is 6.20. The van der Waals surface area contributed by atoms with Crippen LogP contribution in [-0.2, 0) is 6.18 Å². The molecule has 0 atom stereocenters. The Labute approximate surface area is 150 Å². The van der Waals surface area contributed by atoms with Crippen LogP contribution in [0.4, 0.5) is 19.0 Å². The summed E-state index contributed by atoms with van der Waals surface area (Å²) in [4.78, 5) is 12.6. The Balaban J connectivity index is 2.05. The quantitative estimate of drug-likeness (QED) is 0.750. The number of anilines is 1. The van der Waals surface area contributed by atoms with Crippen LogP contribution in [-0.4, -0.2) is 32.6 Å². The molecule has 0 saturated heterocycles. The van der Waals surface area contributed by atoms with Gasteiger partial charge in [0.2, 0.25) is 0 Å². The van der Waals surface area contributed by atoms with Crippen LogP contribution in [0.25, 0.3) is 5.69 Å². The van der Waals surface area contributed by atoms with Crippen molar-refractivity contribution in [3.05, 3.63) is 53.5 Å². The molecule has 0 aliphatic rings. The molecule has 0 radical (unpaired) electrons. The summed E-state index contributed by atoms with van der Waals surface area (Å²) in [5, 5.41) is 16.6. The van der Waals surface area contributed by atoms with E-state index >= 15 is 0 Å². The number of hydrogen-bond donors (Lipinski definition) is 1. The first-order chi connectivity index (χ1) is 12.8. The van der Waals surface area contributed by atoms with Crippen LogP contribution >= 0.6 is 0 Å². The summed E-state index contributed by atoms with van der Waals surface area (Å²) in [5.41, 5.74) is 4.67. The number of nitriles is 1. The van der Waals surface area contributed by atoms with Crippen molar-refractivity contribution in [2.75, 3.05) is 12.8 Å². The maximum atomic E-state index is 12.9. The molecule has 0 bridgehead atoms. The first kappa shape index (κ1) is 18.0. The number of rotatable bonds is 3. The lowest BCUT2D eigenvalue weighted by Crippen LogP contribution is -2.18. The van der Waals surface area contributed by atoms with Gasteiger partial charge in [-0.05, 0) is 18.2 Å². The number of alkyl halides is 3. The fourth-order valence-corrected chi connectivity index (χ4v) is 2.32. The highest BCUT2D eigenvalue weighted by Gasteiger charge is 2.31. The molecule has 2 heterocycles. The van der Waals surface area contributed by atoms with Crippen LogP contribution < -0.4 is 10.5 Å². The van der Waals surface area contributed by atoms with E-state index in [-0.39, 0.29) is 28.5 Å². The lowest BCUT2D eigenvalue weighted by molar-refractivity contribution is -0.137. The summed E-state index contributed by atoms with van der Waals surface area (Å²) in [7, 11) is 1.28. The highest BCUT2D eigenvalue weighted by atomic mass is 19.4. The zero-order chi connectivity index (χ0) is 19.8. The molecular weight excluding hydrogens is 365 g/mol. The number of hydrogen-bond acceptors (Lipinski definition) is 6. The predicted octanol–water partition coefficient (Wildman–Crippen LogP) is 2.24. The molecule has 2 N–H and O–H groups in total. The fourth-order valence-electron chi connectivity index (χ4n) is 2.32. The number of nitrogens with two attached hydrogens (primary N) is 1. The first-order valence-corrected chi connectivity index (χ1v) is 7.36. The number of nitrogens with zero attached hydrogens (tertiary/aromatic N) is 5. The van der Waals surface area contributed by atoms with Crippen molar-refractivity contribution in [3.8, 4) is 17.5 Å². The van der Waals surface area contributed by atoms with E-state index in [1.165, 1.54) is 25.4 Å². The maximum Gasteiger partial charge on any atom is 0.416 e. The Bertz CT molecular complexity index is 1060. The van der Waals surface area contributed by atoms with Gasteiger partial charge in [0.15, 0.2) is 11.4 Å². The minimum Gasteiger partial charge on any atom is -0.493 e. The Morgan fingerprint density at radius 3 is 2.70 bits per heavy atom. The molecule has 138 valence electrons. The fraction of sp³-hybridized carbons (Fsp3) is 0.125. The maximum absolute atomic E-state index is 12.9. The van der Waals surface area contributed by atoms with Crippen LogP contribution in [0.3, 0.4) is 0 Å². The van der Waals surface area contributed by atoms with Crippen LogP contribution in [0.1, 0.15) is 21.6 Å². The Kier molecular flexibility index (Phi) is 4.32. The Morgan fingerprint density at radius 2 is 2.11 bits per heavy atom. The van der Waals surface area contributed by atoms with Crippen LogP contribution in [0, 0.1) is 11.3 Å². The minimum absolute atomic E-state index is 0.000345. The third kappa shape index (κ3) is 3.20. The number of carbonyl (C=O) groups is 1. The third-order valence-corrected chi connectivity index (χ3v) is 3.66. The van der Waals surface area contributed by atoms with Crippen LogP contribution in [0.5, 0.6) is 5.75 Å². The summed E-state index contributed by atoms with van der Waals surface area (Å²) in [6.07, 6.45) is -2.15. The largest absolute Gasteiger partial charge is 0.493 e. The van der Waals surface area contributed by atoms with E-state index in [1.807, 2.05) is 0 Å². The third-order valence-electron chi connectivity index (χ3n) is 3.66. The van der Waals surface area contributed by atoms with Gasteiger partial charge >= 0.3 is 12.1 Å². The summed E-state index contributed by atoms with van der Waals surface area (Å²) in [6.45, 7) is 0. The van der Waals surface area contributed by atoms with Crippen molar-refractivity contribution in [3.63, 3.8) is 0 Å². The van der Waals surface area contributed by atoms with Gasteiger partial charge in [0.25, 0.3) is 0 Å². The number of benzene rings is 1. The van der Waals surface area contributed by atoms with Gasteiger partial charge < -0.3 is 10.5 Å². The molecule has 2 aromatic heterocycles. The van der Waals surface area contributed by atoms with E-state index in [0.717, 1.165) is 27.7 Å². The summed E-state index contributed by atoms with van der Waals surface area (Å²) < 4.78 is 45.6. The normalized spacial score (nSPS) is 11.2. The van der Waals surface area contributed by atoms with Crippen molar-refractivity contribution in [2.45, 2.75) is 6.18 Å². The Hall–Kier alpha value is -3.81. The molecule has 8 nitrogen and oxygen atoms in total. The molecule has 0 aliphatic heterocycles. The second-order valence-corrected chi connectivity index (χ2v) is 5.31. The van der Waals surface area contributed by atoms with E-state index in [0.29, 0.717) is 0 Å². The summed E-state index contributed by atoms with van der Waals surface area (Å²) >= 11 is 0. The standard InChI is InChI=1S/C16H11F3N6O2/c1-27-12-8-24(11-4-2-3-10(5-11)16(17,18)19)23-13(12)15(26)25-14(21)9(6-20)7-22-25/h2-5,7-8H,21H2,1H3. The zero-order valence-electron chi connectivity index (χ0n) is 13.7.